The van der Waals surface area contributed by atoms with Crippen LogP contribution in [0.2, 0.25) is 0 Å². The predicted octanol–water partition coefficient (Wildman–Crippen LogP) is 2.60. The van der Waals surface area contributed by atoms with Crippen molar-refractivity contribution in [2.75, 3.05) is 5.32 Å². The van der Waals surface area contributed by atoms with Gasteiger partial charge in [0.1, 0.15) is 0 Å². The topological polar surface area (TPSA) is 90.6 Å². The number of benzene rings is 1. The molecule has 0 saturated heterocycles. The normalized spacial score (nSPS) is 10.7. The summed E-state index contributed by atoms with van der Waals surface area (Å²) in [5.41, 5.74) is 8.16. The number of guanidine groups is 1. The number of thiazole rings is 1. The lowest BCUT2D eigenvalue weighted by Gasteiger charge is -1.95. The highest BCUT2D eigenvalue weighted by molar-refractivity contribution is 7.14. The summed E-state index contributed by atoms with van der Waals surface area (Å²) in [5, 5.41) is 13.5. The monoisotopic (exact) mass is 257 g/mol. The fourth-order valence-electron chi connectivity index (χ4n) is 1.78. The smallest absolute Gasteiger partial charge is 0.192 e. The third kappa shape index (κ3) is 1.93. The number of aromatic amines is 1. The molecule has 0 aliphatic rings. The molecule has 3 aromatic rings. The molecule has 5 N–H and O–H groups in total. The molecule has 90 valence electrons. The van der Waals surface area contributed by atoms with Gasteiger partial charge in [-0.1, -0.05) is 18.2 Å². The number of fused-ring (bicyclic) bond motifs is 1. The molecule has 3 rings (SSSR count). The van der Waals surface area contributed by atoms with Gasteiger partial charge in [-0.25, -0.2) is 4.98 Å². The molecule has 5 nitrogen and oxygen atoms in total. The lowest BCUT2D eigenvalue weighted by molar-refractivity contribution is 1.33. The fourth-order valence-corrected chi connectivity index (χ4v) is 2.50. The van der Waals surface area contributed by atoms with Crippen LogP contribution in [0.15, 0.2) is 35.7 Å². The Morgan fingerprint density at radius 1 is 1.39 bits per heavy atom. The minimum absolute atomic E-state index is 0.104. The Kier molecular flexibility index (Phi) is 2.49. The second kappa shape index (κ2) is 4.15. The molecular formula is C12H11N5S. The number of nitrogens with two attached hydrogens (primary N) is 1. The summed E-state index contributed by atoms with van der Waals surface area (Å²) in [7, 11) is 0. The average Bonchev–Trinajstić information content (AvgIpc) is 2.93. The molecule has 0 amide bonds. The first-order valence-corrected chi connectivity index (χ1v) is 6.25. The minimum atomic E-state index is -0.104. The quantitative estimate of drug-likeness (QED) is 0.420. The van der Waals surface area contributed by atoms with Crippen molar-refractivity contribution in [2.45, 2.75) is 0 Å². The van der Waals surface area contributed by atoms with Crippen LogP contribution in [0.3, 0.4) is 0 Å². The van der Waals surface area contributed by atoms with Crippen molar-refractivity contribution in [3.8, 4) is 11.4 Å². The number of anilines is 1. The summed E-state index contributed by atoms with van der Waals surface area (Å²) >= 11 is 1.42. The molecule has 0 aliphatic carbocycles. The van der Waals surface area contributed by atoms with Crippen molar-refractivity contribution in [1.29, 1.82) is 5.41 Å². The maximum atomic E-state index is 7.16. The summed E-state index contributed by atoms with van der Waals surface area (Å²) in [4.78, 5) is 7.68. The lowest BCUT2D eigenvalue weighted by atomic mass is 10.2. The van der Waals surface area contributed by atoms with Crippen molar-refractivity contribution in [3.63, 3.8) is 0 Å². The van der Waals surface area contributed by atoms with E-state index in [-0.39, 0.29) is 5.96 Å². The van der Waals surface area contributed by atoms with Gasteiger partial charge in [0.25, 0.3) is 0 Å². The van der Waals surface area contributed by atoms with E-state index in [4.69, 9.17) is 11.1 Å². The number of hydrogen-bond donors (Lipinski definition) is 4. The van der Waals surface area contributed by atoms with E-state index in [9.17, 15) is 0 Å². The van der Waals surface area contributed by atoms with Crippen LogP contribution < -0.4 is 11.1 Å². The van der Waals surface area contributed by atoms with Gasteiger partial charge in [-0.15, -0.1) is 11.3 Å². The van der Waals surface area contributed by atoms with E-state index < -0.39 is 0 Å². The number of aromatic nitrogens is 2. The van der Waals surface area contributed by atoms with Gasteiger partial charge in [0.2, 0.25) is 0 Å². The fraction of sp³-hybridized carbons (Fsp3) is 0. The van der Waals surface area contributed by atoms with Crippen LogP contribution in [0.5, 0.6) is 0 Å². The Balaban J connectivity index is 1.98. The standard InChI is InChI=1S/C12H11N5S/c13-11(14)17-12-16-10(6-18-12)9-5-7-3-1-2-4-8(7)15-9/h1-6,15H,(H4,13,14,16,17). The van der Waals surface area contributed by atoms with Crippen molar-refractivity contribution >= 4 is 33.3 Å². The second-order valence-electron chi connectivity index (χ2n) is 3.85. The molecule has 0 radical (unpaired) electrons. The van der Waals surface area contributed by atoms with Gasteiger partial charge in [-0.3, -0.25) is 5.41 Å². The molecular weight excluding hydrogens is 246 g/mol. The summed E-state index contributed by atoms with van der Waals surface area (Å²) in [6.45, 7) is 0. The zero-order valence-electron chi connectivity index (χ0n) is 9.40. The molecule has 1 aromatic carbocycles. The number of hydrogen-bond acceptors (Lipinski definition) is 3. The van der Waals surface area contributed by atoms with Crippen LogP contribution in [-0.2, 0) is 0 Å². The van der Waals surface area contributed by atoms with Crippen molar-refractivity contribution in [1.82, 2.24) is 9.97 Å². The second-order valence-corrected chi connectivity index (χ2v) is 4.70. The van der Waals surface area contributed by atoms with Crippen LogP contribution >= 0.6 is 11.3 Å². The Hall–Kier alpha value is -2.34. The lowest BCUT2D eigenvalue weighted by Crippen LogP contribution is -2.20. The van der Waals surface area contributed by atoms with Crippen LogP contribution in [-0.4, -0.2) is 15.9 Å². The average molecular weight is 257 g/mol. The van der Waals surface area contributed by atoms with Crippen LogP contribution in [0.1, 0.15) is 0 Å². The van der Waals surface area contributed by atoms with Crippen LogP contribution in [0.25, 0.3) is 22.3 Å². The van der Waals surface area contributed by atoms with Gasteiger partial charge >= 0.3 is 0 Å². The maximum absolute atomic E-state index is 7.16. The minimum Gasteiger partial charge on any atom is -0.370 e. The first-order valence-electron chi connectivity index (χ1n) is 5.37. The van der Waals surface area contributed by atoms with E-state index in [0.717, 1.165) is 22.3 Å². The maximum Gasteiger partial charge on any atom is 0.192 e. The molecule has 0 aliphatic heterocycles. The molecule has 2 aromatic heterocycles. The van der Waals surface area contributed by atoms with Crippen molar-refractivity contribution < 1.29 is 0 Å². The number of nitrogens with zero attached hydrogens (tertiary/aromatic N) is 1. The Morgan fingerprint density at radius 2 is 2.22 bits per heavy atom. The molecule has 0 atom stereocenters. The van der Waals surface area contributed by atoms with Gasteiger partial charge in [-0.05, 0) is 12.1 Å². The van der Waals surface area contributed by atoms with E-state index in [1.54, 1.807) is 0 Å². The molecule has 0 saturated carbocycles. The number of nitrogens with one attached hydrogen (secondary N) is 3. The molecule has 0 bridgehead atoms. The van der Waals surface area contributed by atoms with Crippen LogP contribution in [0.4, 0.5) is 5.13 Å². The zero-order chi connectivity index (χ0) is 12.5. The molecule has 18 heavy (non-hydrogen) atoms. The SMILES string of the molecule is N=C(N)Nc1nc(-c2cc3ccccc3[nH]2)cs1. The highest BCUT2D eigenvalue weighted by Gasteiger charge is 2.07. The van der Waals surface area contributed by atoms with E-state index in [1.165, 1.54) is 11.3 Å². The predicted molar refractivity (Wildman–Crippen MR) is 74.9 cm³/mol. The summed E-state index contributed by atoms with van der Waals surface area (Å²) in [6.07, 6.45) is 0. The van der Waals surface area contributed by atoms with E-state index in [1.807, 2.05) is 23.6 Å². The number of H-pyrrole nitrogens is 1. The van der Waals surface area contributed by atoms with E-state index in [2.05, 4.69) is 27.4 Å². The van der Waals surface area contributed by atoms with Gasteiger partial charge in [-0.2, -0.15) is 0 Å². The van der Waals surface area contributed by atoms with E-state index in [0.29, 0.717) is 5.13 Å². The largest absolute Gasteiger partial charge is 0.370 e. The molecule has 0 fully saturated rings. The van der Waals surface area contributed by atoms with E-state index >= 15 is 0 Å². The molecule has 2 heterocycles. The summed E-state index contributed by atoms with van der Waals surface area (Å²) < 4.78 is 0. The Labute approximate surface area is 107 Å². The van der Waals surface area contributed by atoms with Crippen molar-refractivity contribution in [2.24, 2.45) is 5.73 Å². The van der Waals surface area contributed by atoms with Gasteiger partial charge in [0.05, 0.1) is 11.4 Å². The summed E-state index contributed by atoms with van der Waals surface area (Å²) in [6, 6.07) is 10.1. The Morgan fingerprint density at radius 3 is 3.00 bits per heavy atom. The number of rotatable bonds is 2. The third-order valence-electron chi connectivity index (χ3n) is 2.55. The molecule has 6 heteroatoms. The molecule has 0 unspecified atom stereocenters. The highest BCUT2D eigenvalue weighted by atomic mass is 32.1. The number of para-hydroxylation sites is 1. The summed E-state index contributed by atoms with van der Waals surface area (Å²) in [5.74, 6) is -0.104. The highest BCUT2D eigenvalue weighted by Crippen LogP contribution is 2.27. The zero-order valence-corrected chi connectivity index (χ0v) is 10.2. The Bertz CT molecular complexity index is 679. The van der Waals surface area contributed by atoms with Gasteiger partial charge in [0.15, 0.2) is 11.1 Å². The first kappa shape index (κ1) is 10.8. The molecule has 0 spiro atoms. The first-order chi connectivity index (χ1) is 8.72. The van der Waals surface area contributed by atoms with Crippen LogP contribution in [0, 0.1) is 5.41 Å². The van der Waals surface area contributed by atoms with Gasteiger partial charge < -0.3 is 16.0 Å². The van der Waals surface area contributed by atoms with Crippen molar-refractivity contribution in [3.05, 3.63) is 35.7 Å². The third-order valence-corrected chi connectivity index (χ3v) is 3.31. The van der Waals surface area contributed by atoms with Gasteiger partial charge in [0, 0.05) is 16.3 Å².